The highest BCUT2D eigenvalue weighted by Gasteiger charge is 2.38. The second-order valence-electron chi connectivity index (χ2n) is 12.3. The Morgan fingerprint density at radius 3 is 2.09 bits per heavy atom. The Hall–Kier alpha value is -1.92. The first-order chi connectivity index (χ1) is 16.4. The molecule has 0 saturated carbocycles. The largest absolute Gasteiger partial charge is 0.481 e. The summed E-state index contributed by atoms with van der Waals surface area (Å²) < 4.78 is 12.8. The molecule has 2 fully saturated rings. The Morgan fingerprint density at radius 2 is 1.51 bits per heavy atom. The minimum atomic E-state index is -0.763. The standard InChI is InChI=1S/C29H44O6/c1-28(2,3)18-16-22(26(30)31)25-15-14-24(35-25)21-11-7-6-10-20(21)23-13-12-19(34-23)9-8-17-29(4,5)27(32)33/h6-7,10-11,19,22-25H,8-9,12-18H2,1-5H3,(H,30,31)(H,32,33). The first kappa shape index (κ1) is 27.7. The molecule has 5 atom stereocenters. The lowest BCUT2D eigenvalue weighted by molar-refractivity contribution is -0.148. The van der Waals surface area contributed by atoms with E-state index in [2.05, 4.69) is 32.9 Å². The van der Waals surface area contributed by atoms with Gasteiger partial charge in [-0.2, -0.15) is 0 Å². The molecular weight excluding hydrogens is 444 g/mol. The summed E-state index contributed by atoms with van der Waals surface area (Å²) >= 11 is 0. The lowest BCUT2D eigenvalue weighted by Gasteiger charge is -2.25. The predicted molar refractivity (Wildman–Crippen MR) is 135 cm³/mol. The van der Waals surface area contributed by atoms with Crippen LogP contribution in [0.3, 0.4) is 0 Å². The van der Waals surface area contributed by atoms with Gasteiger partial charge in [-0.25, -0.2) is 0 Å². The molecule has 2 N–H and O–H groups in total. The summed E-state index contributed by atoms with van der Waals surface area (Å²) in [7, 11) is 0. The van der Waals surface area contributed by atoms with Crippen LogP contribution in [-0.4, -0.2) is 34.4 Å². The van der Waals surface area contributed by atoms with E-state index in [1.807, 2.05) is 12.1 Å². The monoisotopic (exact) mass is 488 g/mol. The molecule has 196 valence electrons. The molecule has 2 heterocycles. The van der Waals surface area contributed by atoms with E-state index < -0.39 is 23.3 Å². The van der Waals surface area contributed by atoms with Crippen molar-refractivity contribution >= 4 is 11.9 Å². The fourth-order valence-electron chi connectivity index (χ4n) is 5.37. The summed E-state index contributed by atoms with van der Waals surface area (Å²) in [5, 5.41) is 19.2. The lowest BCUT2D eigenvalue weighted by atomic mass is 9.84. The number of rotatable bonds is 11. The maximum atomic E-state index is 12.0. The van der Waals surface area contributed by atoms with Gasteiger partial charge >= 0.3 is 11.9 Å². The van der Waals surface area contributed by atoms with Gasteiger partial charge in [0.1, 0.15) is 0 Å². The Kier molecular flexibility index (Phi) is 9.03. The van der Waals surface area contributed by atoms with Crippen LogP contribution in [0.4, 0.5) is 0 Å². The van der Waals surface area contributed by atoms with E-state index in [9.17, 15) is 19.8 Å². The molecule has 2 aliphatic rings. The molecule has 35 heavy (non-hydrogen) atoms. The van der Waals surface area contributed by atoms with Crippen LogP contribution in [0.1, 0.15) is 116 Å². The number of carbonyl (C=O) groups is 2. The molecule has 0 amide bonds. The highest BCUT2D eigenvalue weighted by atomic mass is 16.5. The number of hydrogen-bond donors (Lipinski definition) is 2. The van der Waals surface area contributed by atoms with Crippen molar-refractivity contribution in [2.75, 3.05) is 0 Å². The number of carboxylic acids is 2. The molecule has 6 nitrogen and oxygen atoms in total. The van der Waals surface area contributed by atoms with Crippen LogP contribution in [0.2, 0.25) is 0 Å². The zero-order valence-electron chi connectivity index (χ0n) is 22.1. The molecule has 0 aliphatic carbocycles. The van der Waals surface area contributed by atoms with E-state index in [1.54, 1.807) is 13.8 Å². The molecule has 2 saturated heterocycles. The third-order valence-electron chi connectivity index (χ3n) is 7.73. The van der Waals surface area contributed by atoms with Gasteiger partial charge in [-0.15, -0.1) is 0 Å². The lowest BCUT2D eigenvalue weighted by Crippen LogP contribution is -2.29. The highest BCUT2D eigenvalue weighted by molar-refractivity contribution is 5.73. The molecule has 0 spiro atoms. The summed E-state index contributed by atoms with van der Waals surface area (Å²) in [5.74, 6) is -2.00. The molecule has 0 bridgehead atoms. The van der Waals surface area contributed by atoms with Crippen molar-refractivity contribution in [3.8, 4) is 0 Å². The Balaban J connectivity index is 1.60. The quantitative estimate of drug-likeness (QED) is 0.351. The van der Waals surface area contributed by atoms with E-state index in [-0.39, 0.29) is 29.8 Å². The Morgan fingerprint density at radius 1 is 0.914 bits per heavy atom. The first-order valence-electron chi connectivity index (χ1n) is 13.2. The van der Waals surface area contributed by atoms with E-state index >= 15 is 0 Å². The van der Waals surface area contributed by atoms with Crippen molar-refractivity contribution in [3.63, 3.8) is 0 Å². The van der Waals surface area contributed by atoms with Crippen molar-refractivity contribution in [3.05, 3.63) is 35.4 Å². The second kappa shape index (κ2) is 11.4. The number of aliphatic carboxylic acids is 2. The molecule has 0 aromatic heterocycles. The number of benzene rings is 1. The second-order valence-corrected chi connectivity index (χ2v) is 12.3. The van der Waals surface area contributed by atoms with Crippen molar-refractivity contribution in [1.29, 1.82) is 0 Å². The normalized spacial score (nSPS) is 26.1. The third-order valence-corrected chi connectivity index (χ3v) is 7.73. The average molecular weight is 489 g/mol. The fraction of sp³-hybridized carbons (Fsp3) is 0.724. The smallest absolute Gasteiger partial charge is 0.309 e. The zero-order chi connectivity index (χ0) is 25.8. The van der Waals surface area contributed by atoms with Gasteiger partial charge in [-0.05, 0) is 88.2 Å². The maximum absolute atomic E-state index is 12.0. The summed E-state index contributed by atoms with van der Waals surface area (Å²) in [6.07, 6.45) is 7.08. The Bertz CT molecular complexity index is 870. The van der Waals surface area contributed by atoms with Gasteiger partial charge in [0.05, 0.1) is 35.7 Å². The molecule has 0 radical (unpaired) electrons. The molecule has 1 aromatic carbocycles. The van der Waals surface area contributed by atoms with Crippen molar-refractivity contribution in [2.45, 2.75) is 117 Å². The molecular formula is C29H44O6. The summed E-state index contributed by atoms with van der Waals surface area (Å²) in [5.41, 5.74) is 1.65. The molecule has 3 rings (SSSR count). The summed E-state index contributed by atoms with van der Waals surface area (Å²) in [6.45, 7) is 9.97. The van der Waals surface area contributed by atoms with Crippen molar-refractivity contribution < 1.29 is 29.3 Å². The zero-order valence-corrected chi connectivity index (χ0v) is 22.1. The third kappa shape index (κ3) is 7.53. The van der Waals surface area contributed by atoms with Gasteiger partial charge in [0.2, 0.25) is 0 Å². The molecule has 1 aromatic rings. The van der Waals surface area contributed by atoms with Crippen molar-refractivity contribution in [2.24, 2.45) is 16.7 Å². The van der Waals surface area contributed by atoms with Crippen LogP contribution in [0.25, 0.3) is 0 Å². The van der Waals surface area contributed by atoms with Crippen LogP contribution in [0.15, 0.2) is 24.3 Å². The summed E-state index contributed by atoms with van der Waals surface area (Å²) in [6, 6.07) is 8.26. The SMILES string of the molecule is CC(C)(C)CCC(C(=O)O)C1CCC(c2ccccc2C2CCC(CCCC(C)(C)C(=O)O)O2)O1. The van der Waals surface area contributed by atoms with E-state index in [0.29, 0.717) is 12.8 Å². The van der Waals surface area contributed by atoms with Crippen LogP contribution in [0.5, 0.6) is 0 Å². The van der Waals surface area contributed by atoms with Crippen LogP contribution < -0.4 is 0 Å². The van der Waals surface area contributed by atoms with Crippen LogP contribution >= 0.6 is 0 Å². The van der Waals surface area contributed by atoms with E-state index in [1.165, 1.54) is 0 Å². The van der Waals surface area contributed by atoms with Gasteiger partial charge in [0.15, 0.2) is 0 Å². The number of carboxylic acid groups (broad SMARTS) is 2. The minimum absolute atomic E-state index is 0.00231. The Labute approximate surface area is 210 Å². The minimum Gasteiger partial charge on any atom is -0.481 e. The predicted octanol–water partition coefficient (Wildman–Crippen LogP) is 6.94. The molecule has 2 aliphatic heterocycles. The summed E-state index contributed by atoms with van der Waals surface area (Å²) in [4.78, 5) is 23.4. The number of ether oxygens (including phenoxy) is 2. The first-order valence-corrected chi connectivity index (χ1v) is 13.2. The van der Waals surface area contributed by atoms with Gasteiger partial charge < -0.3 is 19.7 Å². The molecule has 6 heteroatoms. The number of hydrogen-bond acceptors (Lipinski definition) is 4. The van der Waals surface area contributed by atoms with E-state index in [4.69, 9.17) is 9.47 Å². The fourth-order valence-corrected chi connectivity index (χ4v) is 5.37. The van der Waals surface area contributed by atoms with Crippen LogP contribution in [-0.2, 0) is 19.1 Å². The average Bonchev–Trinajstić information content (AvgIpc) is 3.43. The van der Waals surface area contributed by atoms with Gasteiger partial charge in [0.25, 0.3) is 0 Å². The topological polar surface area (TPSA) is 93.1 Å². The van der Waals surface area contributed by atoms with Crippen LogP contribution in [0, 0.1) is 16.7 Å². The van der Waals surface area contributed by atoms with Crippen molar-refractivity contribution in [1.82, 2.24) is 0 Å². The highest BCUT2D eigenvalue weighted by Crippen LogP contribution is 2.43. The van der Waals surface area contributed by atoms with Gasteiger partial charge in [0, 0.05) is 0 Å². The van der Waals surface area contributed by atoms with Gasteiger partial charge in [-0.3, -0.25) is 9.59 Å². The molecule has 5 unspecified atom stereocenters. The van der Waals surface area contributed by atoms with Gasteiger partial charge in [-0.1, -0.05) is 45.0 Å². The maximum Gasteiger partial charge on any atom is 0.309 e. The van der Waals surface area contributed by atoms with E-state index in [0.717, 1.165) is 56.1 Å².